The Kier molecular flexibility index (Phi) is 52.9. The van der Waals surface area contributed by atoms with Gasteiger partial charge in [0, 0.05) is 19.3 Å². The Morgan fingerprint density at radius 3 is 0.971 bits per heavy atom. The molecule has 0 saturated carbocycles. The molecule has 0 aliphatic heterocycles. The van der Waals surface area contributed by atoms with Crippen LogP contribution in [0, 0.1) is 0 Å². The van der Waals surface area contributed by atoms with E-state index >= 15 is 0 Å². The second-order valence-electron chi connectivity index (χ2n) is 18.5. The maximum atomic E-state index is 12.7. The van der Waals surface area contributed by atoms with Crippen molar-refractivity contribution < 1.29 is 28.6 Å². The molecule has 0 amide bonds. The number of hydrogen-bond donors (Lipinski definition) is 0. The minimum atomic E-state index is -0.780. The lowest BCUT2D eigenvalue weighted by Gasteiger charge is -2.18. The predicted octanol–water partition coefficient (Wildman–Crippen LogP) is 18.9. The first kappa shape index (κ1) is 64.3. The molecular weight excluding hydrogens is 841 g/mol. The normalized spacial score (nSPS) is 12.8. The van der Waals surface area contributed by atoms with Crippen molar-refractivity contribution in [3.63, 3.8) is 0 Å². The van der Waals surface area contributed by atoms with E-state index in [4.69, 9.17) is 14.2 Å². The molecule has 0 aromatic carbocycles. The summed E-state index contributed by atoms with van der Waals surface area (Å²) in [6, 6.07) is 0. The number of carbonyl (C=O) groups is 3. The number of carbonyl (C=O) groups excluding carboxylic acids is 3. The number of unbranched alkanes of at least 4 members (excludes halogenated alkanes) is 23. The third kappa shape index (κ3) is 53.3. The largest absolute Gasteiger partial charge is 0.462 e. The number of allylic oxidation sites excluding steroid dienone is 16. The Bertz CT molecular complexity index is 1360. The van der Waals surface area contributed by atoms with Crippen LogP contribution >= 0.6 is 0 Å². The smallest absolute Gasteiger partial charge is 0.306 e. The average Bonchev–Trinajstić information content (AvgIpc) is 3.34. The van der Waals surface area contributed by atoms with Gasteiger partial charge >= 0.3 is 17.9 Å². The molecule has 0 heterocycles. The Morgan fingerprint density at radius 2 is 0.603 bits per heavy atom. The summed E-state index contributed by atoms with van der Waals surface area (Å²) in [5.41, 5.74) is 0. The minimum absolute atomic E-state index is 0.0808. The standard InChI is InChI=1S/C62H104O6/c1-4-7-10-13-16-19-21-22-23-24-25-26-27-28-29-30-31-32-33-34-35-36-37-38-39-40-41-44-46-49-52-55-61(64)67-58-59(57-66-60(63)54-51-48-45-42-18-15-12-9-6-3)68-62(65)56-53-50-47-43-20-17-14-11-8-5-2/h7,10-11,14,16,19,22-23,25-26,28-29,31-32,34-35,59H,4-6,8-9,12-13,15,17-18,20-21,24,27,30,33,36-58H2,1-3H3/b10-7-,14-11-,19-16-,23-22-,26-25-,29-28-,32-31-,35-34-. The summed E-state index contributed by atoms with van der Waals surface area (Å²) >= 11 is 0. The van der Waals surface area contributed by atoms with Gasteiger partial charge in [-0.05, 0) is 96.3 Å². The number of hydrogen-bond acceptors (Lipinski definition) is 6. The zero-order valence-corrected chi connectivity index (χ0v) is 44.3. The van der Waals surface area contributed by atoms with Gasteiger partial charge in [0.05, 0.1) is 0 Å². The first-order valence-electron chi connectivity index (χ1n) is 28.2. The van der Waals surface area contributed by atoms with Crippen molar-refractivity contribution in [3.05, 3.63) is 97.2 Å². The molecular formula is C62H104O6. The molecule has 0 saturated heterocycles. The van der Waals surface area contributed by atoms with Gasteiger partial charge in [-0.25, -0.2) is 0 Å². The van der Waals surface area contributed by atoms with Gasteiger partial charge in [0.2, 0.25) is 0 Å². The molecule has 0 fully saturated rings. The molecule has 0 rings (SSSR count). The molecule has 68 heavy (non-hydrogen) atoms. The first-order chi connectivity index (χ1) is 33.5. The van der Waals surface area contributed by atoms with Crippen LogP contribution in [0.15, 0.2) is 97.2 Å². The SMILES string of the molecule is CC/C=C\C/C=C\C/C=C\C/C=C\C/C=C\C/C=C\C/C=C\CCCCCCCCCCCC(=O)OCC(COC(=O)CCCCCCCCCCC)OC(=O)CCCCCCC/C=C\CCC. The molecule has 6 nitrogen and oxygen atoms in total. The summed E-state index contributed by atoms with van der Waals surface area (Å²) < 4.78 is 16.7. The second-order valence-corrected chi connectivity index (χ2v) is 18.5. The van der Waals surface area contributed by atoms with E-state index in [1.54, 1.807) is 0 Å². The van der Waals surface area contributed by atoms with Crippen molar-refractivity contribution >= 4 is 17.9 Å². The maximum absolute atomic E-state index is 12.7. The van der Waals surface area contributed by atoms with Crippen molar-refractivity contribution in [2.24, 2.45) is 0 Å². The highest BCUT2D eigenvalue weighted by Gasteiger charge is 2.19. The monoisotopic (exact) mass is 945 g/mol. The van der Waals surface area contributed by atoms with Gasteiger partial charge in [-0.3, -0.25) is 14.4 Å². The van der Waals surface area contributed by atoms with Crippen LogP contribution in [0.5, 0.6) is 0 Å². The molecule has 1 unspecified atom stereocenters. The molecule has 0 aromatic rings. The summed E-state index contributed by atoms with van der Waals surface area (Å²) in [4.78, 5) is 37.9. The Balaban J connectivity index is 4.12. The number of rotatable bonds is 50. The lowest BCUT2D eigenvalue weighted by Crippen LogP contribution is -2.30. The maximum Gasteiger partial charge on any atom is 0.306 e. The second kappa shape index (κ2) is 55.9. The van der Waals surface area contributed by atoms with E-state index in [1.807, 2.05) is 0 Å². The van der Waals surface area contributed by atoms with Gasteiger partial charge in [-0.1, -0.05) is 240 Å². The Morgan fingerprint density at radius 1 is 0.309 bits per heavy atom. The molecule has 1 atom stereocenters. The van der Waals surface area contributed by atoms with E-state index in [0.717, 1.165) is 128 Å². The van der Waals surface area contributed by atoms with Crippen LogP contribution in [0.25, 0.3) is 0 Å². The molecule has 6 heteroatoms. The van der Waals surface area contributed by atoms with Crippen LogP contribution in [0.2, 0.25) is 0 Å². The first-order valence-corrected chi connectivity index (χ1v) is 28.2. The van der Waals surface area contributed by atoms with Crippen LogP contribution in [0.1, 0.15) is 258 Å². The Labute approximate surface area is 419 Å². The molecule has 0 aromatic heterocycles. The van der Waals surface area contributed by atoms with Gasteiger partial charge in [-0.15, -0.1) is 0 Å². The van der Waals surface area contributed by atoms with Crippen LogP contribution < -0.4 is 0 Å². The third-order valence-corrected chi connectivity index (χ3v) is 11.8. The summed E-state index contributed by atoms with van der Waals surface area (Å²) in [6.07, 6.45) is 74.2. The molecule has 388 valence electrons. The predicted molar refractivity (Wildman–Crippen MR) is 293 cm³/mol. The zero-order valence-electron chi connectivity index (χ0n) is 44.3. The fourth-order valence-electron chi connectivity index (χ4n) is 7.60. The van der Waals surface area contributed by atoms with Crippen molar-refractivity contribution in [2.45, 2.75) is 264 Å². The van der Waals surface area contributed by atoms with E-state index in [-0.39, 0.29) is 31.1 Å². The Hall–Kier alpha value is -3.67. The van der Waals surface area contributed by atoms with E-state index < -0.39 is 6.10 Å². The van der Waals surface area contributed by atoms with Gasteiger partial charge in [0.1, 0.15) is 13.2 Å². The molecule has 0 spiro atoms. The highest BCUT2D eigenvalue weighted by Crippen LogP contribution is 2.15. The topological polar surface area (TPSA) is 78.9 Å². The highest BCUT2D eigenvalue weighted by molar-refractivity contribution is 5.71. The van der Waals surface area contributed by atoms with Crippen LogP contribution in [0.4, 0.5) is 0 Å². The van der Waals surface area contributed by atoms with E-state index in [1.165, 1.54) is 89.9 Å². The molecule has 0 bridgehead atoms. The van der Waals surface area contributed by atoms with Crippen molar-refractivity contribution in [1.29, 1.82) is 0 Å². The molecule has 0 radical (unpaired) electrons. The van der Waals surface area contributed by atoms with Crippen LogP contribution in [-0.2, 0) is 28.6 Å². The lowest BCUT2D eigenvalue weighted by molar-refractivity contribution is -0.167. The fourth-order valence-corrected chi connectivity index (χ4v) is 7.60. The van der Waals surface area contributed by atoms with E-state index in [0.29, 0.717) is 19.3 Å². The van der Waals surface area contributed by atoms with Gasteiger partial charge in [-0.2, -0.15) is 0 Å². The van der Waals surface area contributed by atoms with Crippen molar-refractivity contribution in [1.82, 2.24) is 0 Å². The zero-order chi connectivity index (χ0) is 49.3. The van der Waals surface area contributed by atoms with Crippen molar-refractivity contribution in [2.75, 3.05) is 13.2 Å². The molecule has 0 aliphatic carbocycles. The fraction of sp³-hybridized carbons (Fsp3) is 0.694. The number of ether oxygens (including phenoxy) is 3. The number of esters is 3. The third-order valence-electron chi connectivity index (χ3n) is 11.8. The summed E-state index contributed by atoms with van der Waals surface area (Å²) in [5.74, 6) is -0.901. The van der Waals surface area contributed by atoms with Gasteiger partial charge < -0.3 is 14.2 Å². The molecule has 0 aliphatic rings. The van der Waals surface area contributed by atoms with E-state index in [9.17, 15) is 14.4 Å². The van der Waals surface area contributed by atoms with Gasteiger partial charge in [0.15, 0.2) is 6.10 Å². The summed E-state index contributed by atoms with van der Waals surface area (Å²) in [7, 11) is 0. The lowest BCUT2D eigenvalue weighted by atomic mass is 10.1. The van der Waals surface area contributed by atoms with Crippen LogP contribution in [-0.4, -0.2) is 37.2 Å². The highest BCUT2D eigenvalue weighted by atomic mass is 16.6. The van der Waals surface area contributed by atoms with Crippen molar-refractivity contribution in [3.8, 4) is 0 Å². The van der Waals surface area contributed by atoms with E-state index in [2.05, 4.69) is 118 Å². The summed E-state index contributed by atoms with van der Waals surface area (Å²) in [5, 5.41) is 0. The summed E-state index contributed by atoms with van der Waals surface area (Å²) in [6.45, 7) is 6.43. The average molecular weight is 946 g/mol. The van der Waals surface area contributed by atoms with Crippen LogP contribution in [0.3, 0.4) is 0 Å². The van der Waals surface area contributed by atoms with Gasteiger partial charge in [0.25, 0.3) is 0 Å². The molecule has 0 N–H and O–H groups in total. The minimum Gasteiger partial charge on any atom is -0.462 e. The quantitative estimate of drug-likeness (QED) is 0.0262.